The van der Waals surface area contributed by atoms with Crippen molar-refractivity contribution in [3.05, 3.63) is 33.3 Å². The molecule has 1 N–H and O–H groups in total. The Labute approximate surface area is 136 Å². The predicted molar refractivity (Wildman–Crippen MR) is 84.0 cm³/mol. The molecule has 0 fully saturated rings. The Morgan fingerprint density at radius 3 is 2.86 bits per heavy atom. The van der Waals surface area contributed by atoms with Gasteiger partial charge in [-0.1, -0.05) is 11.6 Å². The Balaban J connectivity index is 1.82. The smallest absolute Gasteiger partial charge is 0.222 e. The van der Waals surface area contributed by atoms with Crippen LogP contribution in [-0.4, -0.2) is 25.5 Å². The van der Waals surface area contributed by atoms with Gasteiger partial charge in [0.05, 0.1) is 22.2 Å². The molecule has 0 saturated heterocycles. The molecular weight excluding hydrogens is 358 g/mol. The van der Waals surface area contributed by atoms with E-state index < -0.39 is 0 Å². The van der Waals surface area contributed by atoms with Gasteiger partial charge in [0.15, 0.2) is 0 Å². The van der Waals surface area contributed by atoms with E-state index in [1.807, 2.05) is 13.8 Å². The average molecular weight is 375 g/mol. The highest BCUT2D eigenvalue weighted by molar-refractivity contribution is 9.10. The highest BCUT2D eigenvalue weighted by Crippen LogP contribution is 2.15. The number of hydrogen-bond acceptors (Lipinski definition) is 3. The molecular formula is C13H17BrClN5O. The number of rotatable bonds is 6. The number of halogens is 2. The lowest BCUT2D eigenvalue weighted by atomic mass is 10.3. The quantitative estimate of drug-likeness (QED) is 0.845. The fraction of sp³-hybridized carbons (Fsp3) is 0.462. The third-order valence-electron chi connectivity index (χ3n) is 3.16. The van der Waals surface area contributed by atoms with Crippen LogP contribution < -0.4 is 5.32 Å². The van der Waals surface area contributed by atoms with Crippen LogP contribution in [0.2, 0.25) is 5.02 Å². The number of aryl methyl sites for hydroxylation is 2. The van der Waals surface area contributed by atoms with Crippen LogP contribution in [-0.2, 0) is 24.4 Å². The molecule has 0 atom stereocenters. The summed E-state index contributed by atoms with van der Waals surface area (Å²) in [4.78, 5) is 11.9. The van der Waals surface area contributed by atoms with Crippen molar-refractivity contribution in [1.82, 2.24) is 24.9 Å². The zero-order valence-electron chi connectivity index (χ0n) is 11.9. The van der Waals surface area contributed by atoms with Crippen LogP contribution in [0.4, 0.5) is 0 Å². The summed E-state index contributed by atoms with van der Waals surface area (Å²) >= 11 is 9.44. The van der Waals surface area contributed by atoms with Gasteiger partial charge >= 0.3 is 0 Å². The van der Waals surface area contributed by atoms with Gasteiger partial charge in [0.1, 0.15) is 5.69 Å². The first-order valence-corrected chi connectivity index (χ1v) is 7.84. The van der Waals surface area contributed by atoms with Crippen molar-refractivity contribution in [2.24, 2.45) is 0 Å². The summed E-state index contributed by atoms with van der Waals surface area (Å²) in [7, 11) is 0. The van der Waals surface area contributed by atoms with E-state index in [0.29, 0.717) is 30.2 Å². The van der Waals surface area contributed by atoms with Crippen LogP contribution in [0.15, 0.2) is 16.9 Å². The molecule has 0 unspecified atom stereocenters. The molecule has 0 saturated carbocycles. The van der Waals surface area contributed by atoms with Crippen molar-refractivity contribution < 1.29 is 4.79 Å². The number of carbonyl (C=O) groups is 1. The second-order valence-corrected chi connectivity index (χ2v) is 5.87. The molecule has 114 valence electrons. The third kappa shape index (κ3) is 4.07. The van der Waals surface area contributed by atoms with Crippen LogP contribution in [0.3, 0.4) is 0 Å². The molecule has 2 heterocycles. The monoisotopic (exact) mass is 373 g/mol. The first-order chi connectivity index (χ1) is 10.0. The molecule has 2 rings (SSSR count). The third-order valence-corrected chi connectivity index (χ3v) is 4.25. The number of carbonyl (C=O) groups excluding carboxylic acids is 1. The molecule has 0 aromatic carbocycles. The van der Waals surface area contributed by atoms with Crippen LogP contribution in [0.25, 0.3) is 0 Å². The second-order valence-electron chi connectivity index (χ2n) is 4.61. The zero-order chi connectivity index (χ0) is 15.4. The summed E-state index contributed by atoms with van der Waals surface area (Å²) in [6.07, 6.45) is 3.85. The Hall–Kier alpha value is -1.34. The summed E-state index contributed by atoms with van der Waals surface area (Å²) in [5, 5.41) is 11.9. The van der Waals surface area contributed by atoms with E-state index in [0.717, 1.165) is 16.7 Å². The predicted octanol–water partition coefficient (Wildman–Crippen LogP) is 2.53. The van der Waals surface area contributed by atoms with Crippen molar-refractivity contribution in [2.75, 3.05) is 0 Å². The van der Waals surface area contributed by atoms with Gasteiger partial charge < -0.3 is 5.32 Å². The van der Waals surface area contributed by atoms with Gasteiger partial charge in [0.25, 0.3) is 0 Å². The van der Waals surface area contributed by atoms with E-state index in [4.69, 9.17) is 11.6 Å². The number of nitrogens with zero attached hydrogens (tertiary/aromatic N) is 4. The molecule has 2 aromatic rings. The first-order valence-electron chi connectivity index (χ1n) is 6.67. The van der Waals surface area contributed by atoms with E-state index in [1.165, 1.54) is 0 Å². The van der Waals surface area contributed by atoms with Gasteiger partial charge in [-0.2, -0.15) is 10.2 Å². The van der Waals surface area contributed by atoms with E-state index in [1.54, 1.807) is 21.8 Å². The van der Waals surface area contributed by atoms with Gasteiger partial charge in [-0.3, -0.25) is 14.2 Å². The van der Waals surface area contributed by atoms with Crippen molar-refractivity contribution in [3.63, 3.8) is 0 Å². The zero-order valence-corrected chi connectivity index (χ0v) is 14.3. The van der Waals surface area contributed by atoms with Gasteiger partial charge in [-0.25, -0.2) is 0 Å². The molecule has 6 nitrogen and oxygen atoms in total. The molecule has 0 radical (unpaired) electrons. The molecule has 8 heteroatoms. The minimum atomic E-state index is -0.0527. The fourth-order valence-corrected chi connectivity index (χ4v) is 2.36. The van der Waals surface area contributed by atoms with Crippen molar-refractivity contribution >= 4 is 33.4 Å². The molecule has 1 amide bonds. The first kappa shape index (κ1) is 16.0. The lowest BCUT2D eigenvalue weighted by Crippen LogP contribution is -2.24. The molecule has 0 aliphatic carbocycles. The summed E-state index contributed by atoms with van der Waals surface area (Å²) < 4.78 is 4.48. The Kier molecular flexibility index (Phi) is 5.41. The highest BCUT2D eigenvalue weighted by Gasteiger charge is 2.09. The molecule has 0 aliphatic rings. The van der Waals surface area contributed by atoms with Gasteiger partial charge in [0, 0.05) is 31.4 Å². The number of nitrogens with one attached hydrogen (secondary N) is 1. The van der Waals surface area contributed by atoms with Gasteiger partial charge in [-0.05, 0) is 29.8 Å². The van der Waals surface area contributed by atoms with Gasteiger partial charge in [0.2, 0.25) is 5.91 Å². The Bertz CT molecular complexity index is 637. The highest BCUT2D eigenvalue weighted by atomic mass is 79.9. The summed E-state index contributed by atoms with van der Waals surface area (Å²) in [5.41, 5.74) is 1.69. The lowest BCUT2D eigenvalue weighted by molar-refractivity contribution is -0.121. The fourth-order valence-electron chi connectivity index (χ4n) is 1.85. The minimum absolute atomic E-state index is 0.0527. The largest absolute Gasteiger partial charge is 0.350 e. The van der Waals surface area contributed by atoms with Crippen molar-refractivity contribution in [3.8, 4) is 0 Å². The summed E-state index contributed by atoms with van der Waals surface area (Å²) in [5.74, 6) is -0.0527. The standard InChI is InChI=1S/C13H17BrClN5O/c1-3-19-8-11(15)12(18-19)7-16-13(21)4-5-20-9(2)10(14)6-17-20/h6,8H,3-5,7H2,1-2H3,(H,16,21). The van der Waals surface area contributed by atoms with E-state index in [2.05, 4.69) is 31.4 Å². The summed E-state index contributed by atoms with van der Waals surface area (Å²) in [6.45, 7) is 5.57. The maximum Gasteiger partial charge on any atom is 0.222 e. The number of amides is 1. The van der Waals surface area contributed by atoms with Crippen LogP contribution in [0.1, 0.15) is 24.7 Å². The maximum absolute atomic E-state index is 11.9. The van der Waals surface area contributed by atoms with Crippen LogP contribution in [0, 0.1) is 6.92 Å². The van der Waals surface area contributed by atoms with E-state index in [9.17, 15) is 4.79 Å². The van der Waals surface area contributed by atoms with Crippen molar-refractivity contribution in [2.45, 2.75) is 39.9 Å². The van der Waals surface area contributed by atoms with Crippen LogP contribution in [0.5, 0.6) is 0 Å². The second kappa shape index (κ2) is 7.09. The molecule has 0 aliphatic heterocycles. The van der Waals surface area contributed by atoms with E-state index >= 15 is 0 Å². The molecule has 0 bridgehead atoms. The van der Waals surface area contributed by atoms with E-state index in [-0.39, 0.29) is 5.91 Å². The molecule has 21 heavy (non-hydrogen) atoms. The molecule has 0 spiro atoms. The SMILES string of the molecule is CCn1cc(Cl)c(CNC(=O)CCn2ncc(Br)c2C)n1. The summed E-state index contributed by atoms with van der Waals surface area (Å²) in [6, 6.07) is 0. The van der Waals surface area contributed by atoms with Crippen molar-refractivity contribution in [1.29, 1.82) is 0 Å². The Morgan fingerprint density at radius 2 is 2.29 bits per heavy atom. The average Bonchev–Trinajstić information content (AvgIpc) is 2.99. The topological polar surface area (TPSA) is 64.7 Å². The minimum Gasteiger partial charge on any atom is -0.350 e. The maximum atomic E-state index is 11.9. The number of aromatic nitrogens is 4. The Morgan fingerprint density at radius 1 is 1.52 bits per heavy atom. The normalized spacial score (nSPS) is 10.9. The lowest BCUT2D eigenvalue weighted by Gasteiger charge is -2.06. The van der Waals surface area contributed by atoms with Gasteiger partial charge in [-0.15, -0.1) is 0 Å². The van der Waals surface area contributed by atoms with Crippen LogP contribution >= 0.6 is 27.5 Å². The number of hydrogen-bond donors (Lipinski definition) is 1. The molecule has 2 aromatic heterocycles.